The minimum atomic E-state index is -0.186. The lowest BCUT2D eigenvalue weighted by Gasteiger charge is -2.39. The first kappa shape index (κ1) is 17.4. The van der Waals surface area contributed by atoms with Gasteiger partial charge in [0.15, 0.2) is 0 Å². The molecule has 5 nitrogen and oxygen atoms in total. The number of carbonyl (C=O) groups excluding carboxylic acids is 1. The van der Waals surface area contributed by atoms with Gasteiger partial charge in [-0.15, -0.1) is 0 Å². The summed E-state index contributed by atoms with van der Waals surface area (Å²) < 4.78 is 5.57. The van der Waals surface area contributed by atoms with Crippen molar-refractivity contribution in [3.8, 4) is 0 Å². The highest BCUT2D eigenvalue weighted by molar-refractivity contribution is 5.90. The maximum Gasteiger partial charge on any atom is 0.319 e. The zero-order chi connectivity index (χ0) is 17.7. The monoisotopic (exact) mass is 339 g/mol. The van der Waals surface area contributed by atoms with Crippen LogP contribution in [0.2, 0.25) is 0 Å². The number of pyridine rings is 1. The molecule has 0 spiro atoms. The molecule has 1 aromatic heterocycles. The number of nitrogens with zero attached hydrogens (tertiary/aromatic N) is 1. The fourth-order valence-electron chi connectivity index (χ4n) is 3.50. The zero-order valence-corrected chi connectivity index (χ0v) is 14.8. The summed E-state index contributed by atoms with van der Waals surface area (Å²) in [6, 6.07) is 10.0. The average Bonchev–Trinajstić information content (AvgIpc) is 2.63. The molecule has 3 rings (SSSR count). The van der Waals surface area contributed by atoms with Crippen molar-refractivity contribution < 1.29 is 9.53 Å². The summed E-state index contributed by atoms with van der Waals surface area (Å²) in [6.45, 7) is 6.10. The molecule has 1 aromatic carbocycles. The second-order valence-electron chi connectivity index (χ2n) is 6.71. The molecule has 25 heavy (non-hydrogen) atoms. The van der Waals surface area contributed by atoms with Crippen molar-refractivity contribution >= 4 is 11.7 Å². The third-order valence-corrected chi connectivity index (χ3v) is 5.02. The molecule has 0 unspecified atom stereocenters. The van der Waals surface area contributed by atoms with Gasteiger partial charge in [0.05, 0.1) is 0 Å². The Bertz CT molecular complexity index is 739. The van der Waals surface area contributed by atoms with Gasteiger partial charge in [0.1, 0.15) is 0 Å². The van der Waals surface area contributed by atoms with E-state index in [1.165, 1.54) is 11.1 Å². The predicted molar refractivity (Wildman–Crippen MR) is 98.9 cm³/mol. The Kier molecular flexibility index (Phi) is 5.34. The van der Waals surface area contributed by atoms with E-state index in [0.717, 1.165) is 37.3 Å². The first-order valence-electron chi connectivity index (χ1n) is 8.70. The first-order valence-corrected chi connectivity index (χ1v) is 8.70. The lowest BCUT2D eigenvalue weighted by atomic mass is 9.72. The number of carbonyl (C=O) groups is 1. The lowest BCUT2D eigenvalue weighted by Crippen LogP contribution is -2.46. The zero-order valence-electron chi connectivity index (χ0n) is 14.8. The van der Waals surface area contributed by atoms with E-state index in [1.54, 1.807) is 18.5 Å². The van der Waals surface area contributed by atoms with Crippen LogP contribution in [-0.4, -0.2) is 30.8 Å². The van der Waals surface area contributed by atoms with Crippen molar-refractivity contribution in [2.75, 3.05) is 25.1 Å². The van der Waals surface area contributed by atoms with Crippen molar-refractivity contribution in [2.45, 2.75) is 32.1 Å². The highest BCUT2D eigenvalue weighted by Crippen LogP contribution is 2.36. The largest absolute Gasteiger partial charge is 0.381 e. The Morgan fingerprint density at radius 3 is 2.64 bits per heavy atom. The van der Waals surface area contributed by atoms with Crippen LogP contribution in [0, 0.1) is 13.8 Å². The summed E-state index contributed by atoms with van der Waals surface area (Å²) in [6.07, 6.45) is 5.23. The van der Waals surface area contributed by atoms with Crippen molar-refractivity contribution in [1.82, 2.24) is 10.3 Å². The highest BCUT2D eigenvalue weighted by Gasteiger charge is 2.35. The van der Waals surface area contributed by atoms with E-state index in [9.17, 15) is 4.79 Å². The van der Waals surface area contributed by atoms with Crippen LogP contribution < -0.4 is 10.6 Å². The third kappa shape index (κ3) is 3.99. The van der Waals surface area contributed by atoms with Crippen LogP contribution in [-0.2, 0) is 10.2 Å². The quantitative estimate of drug-likeness (QED) is 0.895. The molecule has 2 amide bonds. The number of hydrogen-bond acceptors (Lipinski definition) is 3. The smallest absolute Gasteiger partial charge is 0.319 e. The van der Waals surface area contributed by atoms with Gasteiger partial charge in [0, 0.05) is 43.3 Å². The maximum absolute atomic E-state index is 12.4. The summed E-state index contributed by atoms with van der Waals surface area (Å²) in [5, 5.41) is 5.98. The van der Waals surface area contributed by atoms with E-state index < -0.39 is 0 Å². The molecule has 0 aliphatic carbocycles. The molecule has 0 bridgehead atoms. The second-order valence-corrected chi connectivity index (χ2v) is 6.71. The summed E-state index contributed by atoms with van der Waals surface area (Å²) in [7, 11) is 0. The number of benzene rings is 1. The van der Waals surface area contributed by atoms with Crippen LogP contribution in [0.15, 0.2) is 42.7 Å². The van der Waals surface area contributed by atoms with E-state index in [-0.39, 0.29) is 11.4 Å². The van der Waals surface area contributed by atoms with Crippen molar-refractivity contribution in [3.63, 3.8) is 0 Å². The molecular weight excluding hydrogens is 314 g/mol. The number of nitrogens with one attached hydrogen (secondary N) is 2. The van der Waals surface area contributed by atoms with Crippen LogP contribution in [0.1, 0.15) is 29.5 Å². The van der Waals surface area contributed by atoms with E-state index in [1.807, 2.05) is 6.92 Å². The Morgan fingerprint density at radius 1 is 1.16 bits per heavy atom. The molecule has 1 aliphatic heterocycles. The number of hydrogen-bond donors (Lipinski definition) is 2. The molecule has 2 N–H and O–H groups in total. The Hall–Kier alpha value is -2.40. The fourth-order valence-corrected chi connectivity index (χ4v) is 3.50. The highest BCUT2D eigenvalue weighted by atomic mass is 16.5. The van der Waals surface area contributed by atoms with Crippen LogP contribution in [0.3, 0.4) is 0 Å². The van der Waals surface area contributed by atoms with Gasteiger partial charge in [-0.25, -0.2) is 4.79 Å². The normalized spacial score (nSPS) is 16.2. The van der Waals surface area contributed by atoms with E-state index in [0.29, 0.717) is 6.54 Å². The number of ether oxygens (including phenoxy) is 1. The minimum Gasteiger partial charge on any atom is -0.381 e. The van der Waals surface area contributed by atoms with Gasteiger partial charge in [-0.2, -0.15) is 0 Å². The second kappa shape index (κ2) is 7.66. The van der Waals surface area contributed by atoms with Gasteiger partial charge < -0.3 is 15.4 Å². The van der Waals surface area contributed by atoms with Gasteiger partial charge in [-0.3, -0.25) is 4.98 Å². The van der Waals surface area contributed by atoms with Crippen LogP contribution in [0.4, 0.5) is 10.5 Å². The van der Waals surface area contributed by atoms with Crippen molar-refractivity contribution in [2.24, 2.45) is 0 Å². The van der Waals surface area contributed by atoms with Gasteiger partial charge in [0.2, 0.25) is 0 Å². The van der Waals surface area contributed by atoms with E-state index in [4.69, 9.17) is 4.74 Å². The topological polar surface area (TPSA) is 63.2 Å². The first-order chi connectivity index (χ1) is 12.1. The number of rotatable bonds is 4. The number of anilines is 1. The number of aryl methyl sites for hydroxylation is 2. The predicted octanol–water partition coefficient (Wildman–Crippen LogP) is 3.57. The van der Waals surface area contributed by atoms with Gasteiger partial charge in [-0.05, 0) is 49.4 Å². The molecule has 5 heteroatoms. The molecule has 132 valence electrons. The molecule has 0 atom stereocenters. The van der Waals surface area contributed by atoms with Crippen LogP contribution in [0.5, 0.6) is 0 Å². The summed E-state index contributed by atoms with van der Waals surface area (Å²) in [5.74, 6) is 0. The average molecular weight is 339 g/mol. The SMILES string of the molecule is Cc1cnccc1NC(=O)NCC1(c2ccccc2C)CCOCC1. The molecule has 0 saturated carbocycles. The Balaban J connectivity index is 1.72. The van der Waals surface area contributed by atoms with E-state index >= 15 is 0 Å². The Morgan fingerprint density at radius 2 is 1.92 bits per heavy atom. The molecule has 1 fully saturated rings. The van der Waals surface area contributed by atoms with E-state index in [2.05, 4.69) is 46.8 Å². The van der Waals surface area contributed by atoms with Crippen molar-refractivity contribution in [3.05, 3.63) is 59.4 Å². The number of amides is 2. The summed E-state index contributed by atoms with van der Waals surface area (Å²) >= 11 is 0. The van der Waals surface area contributed by atoms with Crippen LogP contribution >= 0.6 is 0 Å². The third-order valence-electron chi connectivity index (χ3n) is 5.02. The minimum absolute atomic E-state index is 0.0752. The molecule has 2 aromatic rings. The molecule has 1 saturated heterocycles. The van der Waals surface area contributed by atoms with Gasteiger partial charge in [0.25, 0.3) is 0 Å². The number of urea groups is 1. The van der Waals surface area contributed by atoms with Gasteiger partial charge >= 0.3 is 6.03 Å². The van der Waals surface area contributed by atoms with Crippen molar-refractivity contribution in [1.29, 1.82) is 0 Å². The summed E-state index contributed by atoms with van der Waals surface area (Å²) in [4.78, 5) is 16.4. The number of aromatic nitrogens is 1. The molecule has 0 radical (unpaired) electrons. The van der Waals surface area contributed by atoms with Crippen LogP contribution in [0.25, 0.3) is 0 Å². The maximum atomic E-state index is 12.4. The standard InChI is InChI=1S/C20H25N3O2/c1-15-5-3-4-6-17(15)20(8-11-25-12-9-20)14-22-19(24)23-18-7-10-21-13-16(18)2/h3-7,10,13H,8-9,11-12,14H2,1-2H3,(H2,21,22,23,24). The summed E-state index contributed by atoms with van der Waals surface area (Å²) in [5.41, 5.74) is 4.21. The molecule has 1 aliphatic rings. The lowest BCUT2D eigenvalue weighted by molar-refractivity contribution is 0.0506. The fraction of sp³-hybridized carbons (Fsp3) is 0.400. The molecule has 2 heterocycles. The molecular formula is C20H25N3O2. The van der Waals surface area contributed by atoms with Gasteiger partial charge in [-0.1, -0.05) is 24.3 Å². The Labute approximate surface area is 148 Å².